The third kappa shape index (κ3) is 5.99. The van der Waals surface area contributed by atoms with Crippen LogP contribution in [0.5, 0.6) is 5.75 Å². The topological polar surface area (TPSA) is 47.4 Å². The number of amides is 1. The van der Waals surface area contributed by atoms with Crippen molar-refractivity contribution in [2.75, 3.05) is 18.6 Å². The Labute approximate surface area is 239 Å². The molecule has 6 rings (SSSR count). The summed E-state index contributed by atoms with van der Waals surface area (Å²) in [4.78, 5) is 16.3. The highest BCUT2D eigenvalue weighted by atomic mass is 16.5. The Morgan fingerprint density at radius 1 is 0.950 bits per heavy atom. The van der Waals surface area contributed by atoms with Gasteiger partial charge in [-0.25, -0.2) is 0 Å². The van der Waals surface area contributed by atoms with E-state index < -0.39 is 0 Å². The van der Waals surface area contributed by atoms with Gasteiger partial charge in [0.05, 0.1) is 19.3 Å². The normalized spacial score (nSPS) is 25.0. The van der Waals surface area contributed by atoms with Gasteiger partial charge in [-0.15, -0.1) is 0 Å². The Morgan fingerprint density at radius 3 is 2.42 bits per heavy atom. The molecule has 2 aromatic carbocycles. The Morgan fingerprint density at radius 2 is 1.73 bits per heavy atom. The van der Waals surface area contributed by atoms with Gasteiger partial charge in [0.25, 0.3) is 0 Å². The molecule has 1 amide bonds. The minimum absolute atomic E-state index is 0.149. The second-order valence-corrected chi connectivity index (χ2v) is 12.8. The first-order valence-electron chi connectivity index (χ1n) is 15.6. The van der Waals surface area contributed by atoms with E-state index >= 15 is 0 Å². The first-order valence-corrected chi connectivity index (χ1v) is 15.6. The van der Waals surface area contributed by atoms with E-state index in [4.69, 9.17) is 4.74 Å². The molecule has 1 aromatic heterocycles. The quantitative estimate of drug-likeness (QED) is 0.289. The number of nitrogens with zero attached hydrogens (tertiary/aromatic N) is 3. The van der Waals surface area contributed by atoms with Crippen molar-refractivity contribution in [2.24, 2.45) is 17.8 Å². The van der Waals surface area contributed by atoms with E-state index in [1.807, 2.05) is 6.20 Å². The molecule has 0 radical (unpaired) electrons. The Bertz CT molecular complexity index is 1310. The number of rotatable bonds is 8. The minimum atomic E-state index is 0.149. The lowest BCUT2D eigenvalue weighted by molar-refractivity contribution is -0.123. The van der Waals surface area contributed by atoms with Gasteiger partial charge in [0, 0.05) is 29.9 Å². The van der Waals surface area contributed by atoms with Crippen molar-refractivity contribution in [1.29, 1.82) is 0 Å². The van der Waals surface area contributed by atoms with Crippen LogP contribution in [-0.2, 0) is 4.79 Å². The fourth-order valence-electron chi connectivity index (χ4n) is 7.02. The molecule has 1 heterocycles. The number of ether oxygens (including phenoxy) is 1. The molecule has 0 aliphatic heterocycles. The second-order valence-electron chi connectivity index (χ2n) is 12.8. The molecule has 3 aliphatic carbocycles. The van der Waals surface area contributed by atoms with E-state index in [0.29, 0.717) is 23.8 Å². The fourth-order valence-corrected chi connectivity index (χ4v) is 7.02. The third-order valence-corrected chi connectivity index (χ3v) is 9.82. The molecule has 3 fully saturated rings. The second kappa shape index (κ2) is 11.8. The number of benzene rings is 2. The highest BCUT2D eigenvalue weighted by Crippen LogP contribution is 2.40. The Hall–Kier alpha value is -3.08. The summed E-state index contributed by atoms with van der Waals surface area (Å²) in [5, 5.41) is 4.61. The Kier molecular flexibility index (Phi) is 8.00. The number of anilines is 1. The average Bonchev–Trinajstić information content (AvgIpc) is 3.72. The van der Waals surface area contributed by atoms with Gasteiger partial charge in [0.15, 0.2) is 0 Å². The van der Waals surface area contributed by atoms with Gasteiger partial charge in [-0.1, -0.05) is 31.2 Å². The van der Waals surface area contributed by atoms with Crippen LogP contribution in [0.1, 0.15) is 94.2 Å². The molecule has 0 spiro atoms. The van der Waals surface area contributed by atoms with Crippen molar-refractivity contribution in [3.8, 4) is 16.9 Å². The summed E-state index contributed by atoms with van der Waals surface area (Å²) in [5.74, 6) is 3.31. The number of hydrogen-bond donors (Lipinski definition) is 0. The van der Waals surface area contributed by atoms with E-state index in [9.17, 15) is 4.79 Å². The number of aromatic nitrogens is 2. The van der Waals surface area contributed by atoms with Crippen molar-refractivity contribution < 1.29 is 9.53 Å². The highest BCUT2D eigenvalue weighted by molar-refractivity contribution is 5.95. The van der Waals surface area contributed by atoms with Crippen molar-refractivity contribution in [3.63, 3.8) is 0 Å². The summed E-state index contributed by atoms with van der Waals surface area (Å²) in [6, 6.07) is 15.9. The lowest BCUT2D eigenvalue weighted by Gasteiger charge is -2.36. The molecule has 0 N–H and O–H groups in total. The third-order valence-electron chi connectivity index (χ3n) is 9.82. The molecule has 0 bridgehead atoms. The van der Waals surface area contributed by atoms with E-state index in [2.05, 4.69) is 77.2 Å². The molecular weight excluding hydrogens is 494 g/mol. The van der Waals surface area contributed by atoms with Crippen LogP contribution in [-0.4, -0.2) is 29.3 Å². The first kappa shape index (κ1) is 27.1. The van der Waals surface area contributed by atoms with Crippen LogP contribution in [0.15, 0.2) is 54.9 Å². The molecule has 0 unspecified atom stereocenters. The summed E-state index contributed by atoms with van der Waals surface area (Å²) in [7, 11) is 1.74. The van der Waals surface area contributed by atoms with Crippen molar-refractivity contribution in [2.45, 2.75) is 90.0 Å². The summed E-state index contributed by atoms with van der Waals surface area (Å²) in [6.07, 6.45) is 15.7. The lowest BCUT2D eigenvalue weighted by Crippen LogP contribution is -2.41. The maximum absolute atomic E-state index is 14.1. The largest absolute Gasteiger partial charge is 0.496 e. The SMILES string of the molecule is COc1ccc(C2CCC(CN(C(=O)C3CCC(C)CC3)c3cccc(-c4cnn(C5CC5)c4)c3)CC2)cc1C. The molecule has 5 heteroatoms. The van der Waals surface area contributed by atoms with Crippen molar-refractivity contribution >= 4 is 11.6 Å². The predicted molar refractivity (Wildman–Crippen MR) is 162 cm³/mol. The van der Waals surface area contributed by atoms with Crippen LogP contribution in [0.4, 0.5) is 5.69 Å². The number of hydrogen-bond acceptors (Lipinski definition) is 3. The number of aryl methyl sites for hydroxylation is 1. The van der Waals surface area contributed by atoms with E-state index in [-0.39, 0.29) is 5.92 Å². The number of carbonyl (C=O) groups excluding carboxylic acids is 1. The standard InChI is InChI=1S/C35H45N3O2/c1-24-7-11-28(12-8-24)35(39)37(33-6-4-5-29(20-33)31-21-36-38(23-31)32-16-17-32)22-26-9-13-27(14-10-26)30-15-18-34(40-3)25(2)19-30/h4-6,15,18-21,23-24,26-28,32H,7-14,16-17,22H2,1-3H3. The van der Waals surface area contributed by atoms with Crippen LogP contribution < -0.4 is 9.64 Å². The highest BCUT2D eigenvalue weighted by Gasteiger charge is 2.32. The smallest absolute Gasteiger partial charge is 0.230 e. The van der Waals surface area contributed by atoms with E-state index in [0.717, 1.165) is 73.6 Å². The van der Waals surface area contributed by atoms with E-state index in [1.54, 1.807) is 7.11 Å². The molecule has 0 saturated heterocycles. The molecule has 5 nitrogen and oxygen atoms in total. The summed E-state index contributed by atoms with van der Waals surface area (Å²) >= 11 is 0. The van der Waals surface area contributed by atoms with Crippen molar-refractivity contribution in [3.05, 3.63) is 66.0 Å². The molecular formula is C35H45N3O2. The van der Waals surface area contributed by atoms with Crippen LogP contribution >= 0.6 is 0 Å². The molecule has 3 saturated carbocycles. The maximum atomic E-state index is 14.1. The van der Waals surface area contributed by atoms with E-state index in [1.165, 1.54) is 36.8 Å². The van der Waals surface area contributed by atoms with Gasteiger partial charge in [-0.2, -0.15) is 5.10 Å². The van der Waals surface area contributed by atoms with Gasteiger partial charge in [0.1, 0.15) is 5.75 Å². The molecule has 3 aromatic rings. The summed E-state index contributed by atoms with van der Waals surface area (Å²) < 4.78 is 7.59. The van der Waals surface area contributed by atoms with Crippen LogP contribution in [0.25, 0.3) is 11.1 Å². The zero-order chi connectivity index (χ0) is 27.6. The number of carbonyl (C=O) groups is 1. The minimum Gasteiger partial charge on any atom is -0.496 e. The van der Waals surface area contributed by atoms with Gasteiger partial charge in [-0.05, 0) is 124 Å². The van der Waals surface area contributed by atoms with Gasteiger partial charge in [0.2, 0.25) is 5.91 Å². The summed E-state index contributed by atoms with van der Waals surface area (Å²) in [5.41, 5.74) is 5.98. The first-order chi connectivity index (χ1) is 19.5. The lowest BCUT2D eigenvalue weighted by atomic mass is 9.78. The molecule has 212 valence electrons. The molecule has 3 aliphatic rings. The molecule has 0 atom stereocenters. The summed E-state index contributed by atoms with van der Waals surface area (Å²) in [6.45, 7) is 5.28. The average molecular weight is 540 g/mol. The van der Waals surface area contributed by atoms with Gasteiger partial charge >= 0.3 is 0 Å². The van der Waals surface area contributed by atoms with Crippen molar-refractivity contribution in [1.82, 2.24) is 9.78 Å². The zero-order valence-electron chi connectivity index (χ0n) is 24.5. The molecule has 40 heavy (non-hydrogen) atoms. The monoisotopic (exact) mass is 539 g/mol. The van der Waals surface area contributed by atoms with Crippen LogP contribution in [0, 0.1) is 24.7 Å². The van der Waals surface area contributed by atoms with Gasteiger partial charge < -0.3 is 9.64 Å². The fraction of sp³-hybridized carbons (Fsp3) is 0.543. The zero-order valence-corrected chi connectivity index (χ0v) is 24.5. The van der Waals surface area contributed by atoms with Gasteiger partial charge in [-0.3, -0.25) is 9.48 Å². The maximum Gasteiger partial charge on any atom is 0.230 e. The van der Waals surface area contributed by atoms with Crippen LogP contribution in [0.3, 0.4) is 0 Å². The number of methoxy groups -OCH3 is 1. The van der Waals surface area contributed by atoms with Crippen LogP contribution in [0.2, 0.25) is 0 Å². The predicted octanol–water partition coefficient (Wildman–Crippen LogP) is 8.34. The Balaban J connectivity index is 1.19.